The van der Waals surface area contributed by atoms with Crippen LogP contribution < -0.4 is 0 Å². The fourth-order valence-corrected chi connectivity index (χ4v) is 2.47. The molecule has 0 aliphatic rings. The minimum Gasteiger partial charge on any atom is -0.378 e. The maximum absolute atomic E-state index is 14.1. The second-order valence-corrected chi connectivity index (χ2v) is 10.2. The summed E-state index contributed by atoms with van der Waals surface area (Å²) in [5, 5.41) is 0.685. The Bertz CT molecular complexity index is 426. The highest BCUT2D eigenvalue weighted by Gasteiger charge is 2.24. The molecule has 0 N–H and O–H groups in total. The molecule has 0 saturated heterocycles. The maximum atomic E-state index is 14.1. The minimum absolute atomic E-state index is 0.0670. The van der Waals surface area contributed by atoms with Crippen LogP contribution >= 0.6 is 27.5 Å². The van der Waals surface area contributed by atoms with Crippen LogP contribution in [0.4, 0.5) is 4.39 Å². The first-order chi connectivity index (χ1) is 8.74. The van der Waals surface area contributed by atoms with Crippen molar-refractivity contribution in [2.75, 3.05) is 13.2 Å². The lowest BCUT2D eigenvalue weighted by molar-refractivity contribution is 0.0663. The Morgan fingerprint density at radius 3 is 2.63 bits per heavy atom. The van der Waals surface area contributed by atoms with Crippen LogP contribution in [0.15, 0.2) is 22.7 Å². The number of benzene rings is 1. The number of alkyl halides is 1. The molecular formula is C14H20BrClFOSi. The number of halogens is 3. The fourth-order valence-electron chi connectivity index (χ4n) is 1.41. The zero-order valence-electron chi connectivity index (χ0n) is 11.8. The number of hydrogen-bond donors (Lipinski definition) is 0. The smallest absolute Gasteiger partial charge is 0.149 e. The molecule has 1 aromatic carbocycles. The number of rotatable bonds is 6. The molecule has 0 saturated carbocycles. The highest BCUT2D eigenvalue weighted by molar-refractivity contribution is 9.10. The molecule has 1 nitrogen and oxygen atoms in total. The van der Waals surface area contributed by atoms with E-state index < -0.39 is 15.0 Å². The summed E-state index contributed by atoms with van der Waals surface area (Å²) in [6.45, 7) is 9.49. The molecule has 1 aromatic rings. The van der Waals surface area contributed by atoms with E-state index in [4.69, 9.17) is 16.3 Å². The summed E-state index contributed by atoms with van der Waals surface area (Å²) < 4.78 is 20.4. The predicted octanol–water partition coefficient (Wildman–Crippen LogP) is 5.66. The lowest BCUT2D eigenvalue weighted by Crippen LogP contribution is -2.27. The van der Waals surface area contributed by atoms with Gasteiger partial charge in [-0.1, -0.05) is 54.5 Å². The summed E-state index contributed by atoms with van der Waals surface area (Å²) in [5.41, 5.74) is 0.545. The van der Waals surface area contributed by atoms with Crippen molar-refractivity contribution in [2.24, 2.45) is 0 Å². The molecular weight excluding hydrogens is 347 g/mol. The third kappa shape index (κ3) is 5.18. The SMILES string of the molecule is C[Si](C)C(C)(C)COCC(F)c1cc(Cl)ccc1Br. The van der Waals surface area contributed by atoms with E-state index in [1.165, 1.54) is 0 Å². The topological polar surface area (TPSA) is 9.23 Å². The maximum Gasteiger partial charge on any atom is 0.149 e. The van der Waals surface area contributed by atoms with Gasteiger partial charge in [-0.2, -0.15) is 0 Å². The van der Waals surface area contributed by atoms with Gasteiger partial charge in [0.25, 0.3) is 0 Å². The van der Waals surface area contributed by atoms with Crippen molar-refractivity contribution in [3.63, 3.8) is 0 Å². The van der Waals surface area contributed by atoms with Gasteiger partial charge < -0.3 is 4.74 Å². The summed E-state index contributed by atoms with van der Waals surface area (Å²) in [4.78, 5) is 0. The Hall–Kier alpha value is 0.0969. The molecule has 0 aromatic heterocycles. The van der Waals surface area contributed by atoms with Crippen molar-refractivity contribution < 1.29 is 9.13 Å². The molecule has 0 aliphatic heterocycles. The monoisotopic (exact) mass is 365 g/mol. The van der Waals surface area contributed by atoms with Crippen molar-refractivity contribution in [1.29, 1.82) is 0 Å². The molecule has 19 heavy (non-hydrogen) atoms. The lowest BCUT2D eigenvalue weighted by Gasteiger charge is -2.28. The van der Waals surface area contributed by atoms with Gasteiger partial charge in [-0.05, 0) is 23.2 Å². The molecule has 0 heterocycles. The van der Waals surface area contributed by atoms with Crippen molar-refractivity contribution in [1.82, 2.24) is 0 Å². The van der Waals surface area contributed by atoms with E-state index >= 15 is 0 Å². The summed E-state index contributed by atoms with van der Waals surface area (Å²) in [6, 6.07) is 5.13. The van der Waals surface area contributed by atoms with Crippen LogP contribution in [-0.4, -0.2) is 22.0 Å². The molecule has 0 fully saturated rings. The molecule has 1 rings (SSSR count). The summed E-state index contributed by atoms with van der Waals surface area (Å²) in [5.74, 6) is 0. The second-order valence-electron chi connectivity index (χ2n) is 5.53. The number of hydrogen-bond acceptors (Lipinski definition) is 1. The molecule has 107 valence electrons. The van der Waals surface area contributed by atoms with Gasteiger partial charge in [0, 0.05) is 21.7 Å². The van der Waals surface area contributed by atoms with Crippen LogP contribution in [-0.2, 0) is 4.74 Å². The van der Waals surface area contributed by atoms with Gasteiger partial charge in [-0.25, -0.2) is 4.39 Å². The first-order valence-corrected chi connectivity index (χ1v) is 9.88. The summed E-state index contributed by atoms with van der Waals surface area (Å²) in [7, 11) is -0.465. The Morgan fingerprint density at radius 2 is 2.05 bits per heavy atom. The van der Waals surface area contributed by atoms with Gasteiger partial charge >= 0.3 is 0 Å². The average molecular weight is 367 g/mol. The zero-order chi connectivity index (χ0) is 14.6. The van der Waals surface area contributed by atoms with E-state index in [2.05, 4.69) is 42.9 Å². The highest BCUT2D eigenvalue weighted by Crippen LogP contribution is 2.31. The van der Waals surface area contributed by atoms with Crippen LogP contribution in [0.3, 0.4) is 0 Å². The third-order valence-electron chi connectivity index (χ3n) is 3.38. The summed E-state index contributed by atoms with van der Waals surface area (Å²) >= 11 is 9.22. The first-order valence-electron chi connectivity index (χ1n) is 6.21. The zero-order valence-corrected chi connectivity index (χ0v) is 15.1. The van der Waals surface area contributed by atoms with Gasteiger partial charge in [0.1, 0.15) is 6.17 Å². The van der Waals surface area contributed by atoms with E-state index in [1.807, 2.05) is 0 Å². The first kappa shape index (κ1) is 17.1. The van der Waals surface area contributed by atoms with Crippen LogP contribution in [0.2, 0.25) is 23.2 Å². The van der Waals surface area contributed by atoms with Crippen LogP contribution in [0.5, 0.6) is 0 Å². The molecule has 0 aliphatic carbocycles. The van der Waals surface area contributed by atoms with E-state index in [9.17, 15) is 4.39 Å². The Balaban J connectivity index is 2.56. The third-order valence-corrected chi connectivity index (χ3v) is 7.18. The van der Waals surface area contributed by atoms with E-state index in [1.54, 1.807) is 18.2 Å². The van der Waals surface area contributed by atoms with Crippen molar-refractivity contribution >= 4 is 36.3 Å². The summed E-state index contributed by atoms with van der Waals surface area (Å²) in [6.07, 6.45) is -1.16. The molecule has 0 amide bonds. The number of ether oxygens (including phenoxy) is 1. The van der Waals surface area contributed by atoms with E-state index in [0.29, 0.717) is 17.2 Å². The Kier molecular flexibility index (Phi) is 6.50. The van der Waals surface area contributed by atoms with Gasteiger partial charge in [-0.15, -0.1) is 0 Å². The van der Waals surface area contributed by atoms with Crippen molar-refractivity contribution in [2.45, 2.75) is 38.2 Å². The quantitative estimate of drug-likeness (QED) is 0.590. The van der Waals surface area contributed by atoms with Gasteiger partial charge in [0.05, 0.1) is 15.4 Å². The standard InChI is InChI=1S/C14H20BrClFOSi/c1-14(2,19(3)4)9-18-8-13(17)11-7-10(16)5-6-12(11)15/h5-7,13H,8-9H2,1-4H3. The van der Waals surface area contributed by atoms with Gasteiger partial charge in [0.2, 0.25) is 0 Å². The largest absolute Gasteiger partial charge is 0.378 e. The van der Waals surface area contributed by atoms with E-state index in [0.717, 1.165) is 4.47 Å². The Morgan fingerprint density at radius 1 is 1.42 bits per heavy atom. The van der Waals surface area contributed by atoms with Crippen LogP contribution in [0, 0.1) is 0 Å². The normalized spacial score (nSPS) is 13.9. The molecule has 1 unspecified atom stereocenters. The molecule has 1 atom stereocenters. The van der Waals surface area contributed by atoms with E-state index in [-0.39, 0.29) is 11.6 Å². The van der Waals surface area contributed by atoms with Crippen molar-refractivity contribution in [3.8, 4) is 0 Å². The molecule has 0 bridgehead atoms. The molecule has 1 radical (unpaired) electrons. The van der Waals surface area contributed by atoms with Crippen LogP contribution in [0.25, 0.3) is 0 Å². The predicted molar refractivity (Wildman–Crippen MR) is 85.3 cm³/mol. The van der Waals surface area contributed by atoms with Gasteiger partial charge in [0.15, 0.2) is 0 Å². The molecule has 0 spiro atoms. The lowest BCUT2D eigenvalue weighted by atomic mass is 10.1. The molecule has 5 heteroatoms. The van der Waals surface area contributed by atoms with Crippen molar-refractivity contribution in [3.05, 3.63) is 33.3 Å². The second kappa shape index (κ2) is 7.20. The van der Waals surface area contributed by atoms with Gasteiger partial charge in [-0.3, -0.25) is 0 Å². The average Bonchev–Trinajstić information content (AvgIpc) is 2.31. The Labute approximate surface area is 130 Å². The fraction of sp³-hybridized carbons (Fsp3) is 0.571. The highest BCUT2D eigenvalue weighted by atomic mass is 79.9. The van der Waals surface area contributed by atoms with Crippen LogP contribution in [0.1, 0.15) is 25.6 Å². The minimum atomic E-state index is -1.16.